The molecule has 5 aromatic carbocycles. The topological polar surface area (TPSA) is 0 Å². The quantitative estimate of drug-likeness (QED) is 0.159. The Morgan fingerprint density at radius 1 is 0.381 bits per heavy atom. The highest BCUT2D eigenvalue weighted by Gasteiger charge is 2.31. The van der Waals surface area contributed by atoms with Gasteiger partial charge in [0.25, 0.3) is 0 Å². The summed E-state index contributed by atoms with van der Waals surface area (Å²) in [5.41, 5.74) is 18.8. The first-order valence-corrected chi connectivity index (χ1v) is 16.6. The van der Waals surface area contributed by atoms with Crippen molar-refractivity contribution in [1.29, 1.82) is 0 Å². The van der Waals surface area contributed by atoms with E-state index in [1.54, 1.807) is 44.5 Å². The Hall–Kier alpha value is -3.64. The van der Waals surface area contributed by atoms with Gasteiger partial charge in [0.15, 0.2) is 0 Å². The molecule has 0 spiro atoms. The molecule has 5 aromatic rings. The van der Waals surface area contributed by atoms with Crippen LogP contribution < -0.4 is 0 Å². The van der Waals surface area contributed by atoms with Gasteiger partial charge in [-0.1, -0.05) is 138 Å². The summed E-state index contributed by atoms with van der Waals surface area (Å²) in [4.78, 5) is 0. The van der Waals surface area contributed by atoms with E-state index in [0.717, 1.165) is 12.8 Å². The Labute approximate surface area is 253 Å². The summed E-state index contributed by atoms with van der Waals surface area (Å²) in [7, 11) is 0. The van der Waals surface area contributed by atoms with Gasteiger partial charge in [0, 0.05) is 0 Å². The van der Waals surface area contributed by atoms with Gasteiger partial charge in [-0.05, 0) is 116 Å². The number of rotatable bonds is 10. The number of hydrogen-bond donors (Lipinski definition) is 0. The largest absolute Gasteiger partial charge is 0.0651 e. The van der Waals surface area contributed by atoms with Gasteiger partial charge < -0.3 is 0 Å². The van der Waals surface area contributed by atoms with Crippen molar-refractivity contribution in [2.45, 2.75) is 91.9 Å². The van der Waals surface area contributed by atoms with E-state index in [0.29, 0.717) is 0 Å². The number of hydrogen-bond acceptors (Lipinski definition) is 0. The second-order valence-corrected chi connectivity index (χ2v) is 12.2. The van der Waals surface area contributed by atoms with Gasteiger partial charge in [-0.15, -0.1) is 0 Å². The molecule has 0 fully saturated rings. The fraction of sp³-hybridized carbons (Fsp3) is 0.333. The lowest BCUT2D eigenvalue weighted by molar-refractivity contribution is 0.774. The molecule has 0 atom stereocenters. The molecule has 0 N–H and O–H groups in total. The Kier molecular flexibility index (Phi) is 8.61. The standard InChI is InChI=1S/C42H46/c1-5-17-31-32(18-6-2)34(20-8-4)38-28-40-39(27-37(38)33(31)19-7-3)41(29-21-11-9-12-22-29)35-25-15-16-26-36(35)42(40)30-23-13-10-14-24-30/h9-16,21-26H,5-8,17-20,27-28H2,1-4H3. The van der Waals surface area contributed by atoms with Crippen LogP contribution in [0.25, 0.3) is 33.0 Å². The van der Waals surface area contributed by atoms with Crippen molar-refractivity contribution in [3.05, 3.63) is 129 Å². The van der Waals surface area contributed by atoms with Crippen LogP contribution in [0.3, 0.4) is 0 Å². The molecule has 0 radical (unpaired) electrons. The van der Waals surface area contributed by atoms with E-state index < -0.39 is 0 Å². The maximum Gasteiger partial charge on any atom is -0.00105 e. The van der Waals surface area contributed by atoms with Crippen molar-refractivity contribution >= 4 is 10.8 Å². The zero-order valence-electron chi connectivity index (χ0n) is 26.2. The van der Waals surface area contributed by atoms with Crippen molar-refractivity contribution in [2.24, 2.45) is 0 Å². The van der Waals surface area contributed by atoms with Gasteiger partial charge in [-0.3, -0.25) is 0 Å². The molecule has 0 aromatic heterocycles. The lowest BCUT2D eigenvalue weighted by atomic mass is 9.70. The zero-order chi connectivity index (χ0) is 29.1. The van der Waals surface area contributed by atoms with E-state index in [4.69, 9.17) is 0 Å². The molecule has 0 unspecified atom stereocenters. The SMILES string of the molecule is CCCc1c(CCC)c(CCC)c2c(c1CCC)Cc1c(c(-c3ccccc3)c3ccccc3c1-c1ccccc1)C2. The minimum absolute atomic E-state index is 1.04. The number of benzene rings is 5. The van der Waals surface area contributed by atoms with Crippen LogP contribution >= 0.6 is 0 Å². The van der Waals surface area contributed by atoms with E-state index in [1.165, 1.54) is 84.4 Å². The van der Waals surface area contributed by atoms with Gasteiger partial charge in [0.2, 0.25) is 0 Å². The van der Waals surface area contributed by atoms with Crippen LogP contribution in [-0.2, 0) is 38.5 Å². The minimum Gasteiger partial charge on any atom is -0.0651 e. The van der Waals surface area contributed by atoms with Crippen LogP contribution in [-0.4, -0.2) is 0 Å². The first-order valence-electron chi connectivity index (χ1n) is 16.6. The summed E-state index contributed by atoms with van der Waals surface area (Å²) < 4.78 is 0. The second kappa shape index (κ2) is 12.7. The third-order valence-corrected chi connectivity index (χ3v) is 9.45. The first kappa shape index (κ1) is 28.5. The normalized spacial score (nSPS) is 12.4. The third-order valence-electron chi connectivity index (χ3n) is 9.45. The number of fused-ring (bicyclic) bond motifs is 3. The Balaban J connectivity index is 1.74. The molecule has 0 nitrogen and oxygen atoms in total. The molecule has 1 aliphatic carbocycles. The third kappa shape index (κ3) is 5.00. The van der Waals surface area contributed by atoms with Gasteiger partial charge in [-0.25, -0.2) is 0 Å². The fourth-order valence-electron chi connectivity index (χ4n) is 7.89. The van der Waals surface area contributed by atoms with Crippen molar-refractivity contribution in [3.63, 3.8) is 0 Å². The molecule has 0 bridgehead atoms. The van der Waals surface area contributed by atoms with Gasteiger partial charge >= 0.3 is 0 Å². The summed E-state index contributed by atoms with van der Waals surface area (Å²) in [6, 6.07) is 31.6. The Morgan fingerprint density at radius 2 is 0.714 bits per heavy atom. The molecule has 0 heteroatoms. The molecule has 6 rings (SSSR count). The summed E-state index contributed by atoms with van der Waals surface area (Å²) in [6.07, 6.45) is 11.7. The van der Waals surface area contributed by atoms with E-state index in [-0.39, 0.29) is 0 Å². The Morgan fingerprint density at radius 3 is 1.07 bits per heavy atom. The predicted octanol–water partition coefficient (Wildman–Crippen LogP) is 11.5. The molecular formula is C42H46. The molecule has 0 amide bonds. The van der Waals surface area contributed by atoms with Gasteiger partial charge in [-0.2, -0.15) is 0 Å². The maximum atomic E-state index is 2.37. The smallest absolute Gasteiger partial charge is 0.00105 e. The van der Waals surface area contributed by atoms with Crippen molar-refractivity contribution < 1.29 is 0 Å². The lowest BCUT2D eigenvalue weighted by Gasteiger charge is -2.34. The Bertz CT molecular complexity index is 1560. The van der Waals surface area contributed by atoms with E-state index in [1.807, 2.05) is 0 Å². The summed E-state index contributed by atoms with van der Waals surface area (Å²) in [5.74, 6) is 0. The average Bonchev–Trinajstić information content (AvgIpc) is 3.03. The minimum atomic E-state index is 1.04. The van der Waals surface area contributed by atoms with E-state index in [2.05, 4.69) is 113 Å². The van der Waals surface area contributed by atoms with Gasteiger partial charge in [0.1, 0.15) is 0 Å². The van der Waals surface area contributed by atoms with Crippen LogP contribution in [0.2, 0.25) is 0 Å². The highest BCUT2D eigenvalue weighted by atomic mass is 14.3. The van der Waals surface area contributed by atoms with Gasteiger partial charge in [0.05, 0.1) is 0 Å². The van der Waals surface area contributed by atoms with Crippen LogP contribution in [0, 0.1) is 0 Å². The molecule has 214 valence electrons. The average molecular weight is 551 g/mol. The highest BCUT2D eigenvalue weighted by Crippen LogP contribution is 2.48. The maximum absolute atomic E-state index is 2.37. The monoisotopic (exact) mass is 550 g/mol. The lowest BCUT2D eigenvalue weighted by Crippen LogP contribution is -2.20. The first-order chi connectivity index (χ1) is 20.7. The molecule has 0 heterocycles. The van der Waals surface area contributed by atoms with Crippen molar-refractivity contribution in [2.75, 3.05) is 0 Å². The van der Waals surface area contributed by atoms with E-state index in [9.17, 15) is 0 Å². The summed E-state index contributed by atoms with van der Waals surface area (Å²) >= 11 is 0. The molecule has 0 saturated carbocycles. The van der Waals surface area contributed by atoms with Crippen LogP contribution in [0.4, 0.5) is 0 Å². The fourth-order valence-corrected chi connectivity index (χ4v) is 7.89. The summed E-state index contributed by atoms with van der Waals surface area (Å²) in [6.45, 7) is 9.47. The molecule has 42 heavy (non-hydrogen) atoms. The highest BCUT2D eigenvalue weighted by molar-refractivity contribution is 6.08. The van der Waals surface area contributed by atoms with Crippen molar-refractivity contribution in [3.8, 4) is 22.3 Å². The molecule has 0 aliphatic heterocycles. The zero-order valence-corrected chi connectivity index (χ0v) is 26.2. The van der Waals surface area contributed by atoms with E-state index >= 15 is 0 Å². The summed E-state index contributed by atoms with van der Waals surface area (Å²) in [5, 5.41) is 2.76. The predicted molar refractivity (Wildman–Crippen MR) is 183 cm³/mol. The molecule has 1 aliphatic rings. The van der Waals surface area contributed by atoms with Crippen molar-refractivity contribution in [1.82, 2.24) is 0 Å². The van der Waals surface area contributed by atoms with Crippen LogP contribution in [0.1, 0.15) is 97.9 Å². The molecule has 0 saturated heterocycles. The van der Waals surface area contributed by atoms with Crippen LogP contribution in [0.5, 0.6) is 0 Å². The van der Waals surface area contributed by atoms with Crippen LogP contribution in [0.15, 0.2) is 84.9 Å². The molecular weight excluding hydrogens is 504 g/mol. The second-order valence-electron chi connectivity index (χ2n) is 12.2.